The molecule has 10 rings (SSSR count). The molecule has 1 nitrogen and oxygen atoms in total. The molecule has 0 atom stereocenters. The molecule has 10 aromatic rings. The zero-order valence-corrected chi connectivity index (χ0v) is 27.9. The monoisotopic (exact) mass is 648 g/mol. The Kier molecular flexibility index (Phi) is 6.89. The maximum absolute atomic E-state index is 6.47. The third-order valence-corrected chi connectivity index (χ3v) is 10.3. The normalized spacial score (nSPS) is 11.5. The third kappa shape index (κ3) is 4.78. The molecule has 0 aliphatic heterocycles. The minimum atomic E-state index is 0.895. The molecule has 238 valence electrons. The molecule has 0 saturated heterocycles. The van der Waals surface area contributed by atoms with E-state index in [1.807, 2.05) is 0 Å². The lowest BCUT2D eigenvalue weighted by Gasteiger charge is -2.22. The summed E-state index contributed by atoms with van der Waals surface area (Å²) in [5, 5.41) is 7.19. The van der Waals surface area contributed by atoms with Gasteiger partial charge in [0.05, 0.1) is 0 Å². The molecule has 0 spiro atoms. The van der Waals surface area contributed by atoms with Crippen molar-refractivity contribution in [2.24, 2.45) is 0 Å². The van der Waals surface area contributed by atoms with Gasteiger partial charge in [0.25, 0.3) is 0 Å². The lowest BCUT2D eigenvalue weighted by atomic mass is 9.81. The molecule has 9 aromatic carbocycles. The van der Waals surface area contributed by atoms with E-state index in [0.717, 1.165) is 21.9 Å². The molecule has 0 bridgehead atoms. The fourth-order valence-corrected chi connectivity index (χ4v) is 8.09. The van der Waals surface area contributed by atoms with Crippen LogP contribution in [0.1, 0.15) is 0 Å². The van der Waals surface area contributed by atoms with Gasteiger partial charge in [-0.15, -0.1) is 0 Å². The SMILES string of the molecule is c1ccc(-c2cccc(-c3ccccc3)c2-c2c3ccccc3c(-c3ccc4oc5cccc(-c6ccccc6)c5c4c3)c3ccccc23)cc1. The molecule has 51 heavy (non-hydrogen) atoms. The van der Waals surface area contributed by atoms with Crippen LogP contribution < -0.4 is 0 Å². The molecular weight excluding hydrogens is 617 g/mol. The minimum Gasteiger partial charge on any atom is -0.456 e. The number of furan rings is 1. The highest BCUT2D eigenvalue weighted by molar-refractivity contribution is 6.24. The van der Waals surface area contributed by atoms with Crippen LogP contribution in [0, 0.1) is 0 Å². The van der Waals surface area contributed by atoms with Gasteiger partial charge < -0.3 is 4.42 Å². The summed E-state index contributed by atoms with van der Waals surface area (Å²) in [7, 11) is 0. The Morgan fingerprint density at radius 3 is 1.25 bits per heavy atom. The van der Waals surface area contributed by atoms with Crippen LogP contribution in [-0.2, 0) is 0 Å². The quantitative estimate of drug-likeness (QED) is 0.169. The molecule has 0 amide bonds. The van der Waals surface area contributed by atoms with Crippen molar-refractivity contribution in [3.63, 3.8) is 0 Å². The Hall–Kier alpha value is -6.70. The number of benzene rings is 9. The largest absolute Gasteiger partial charge is 0.456 e. The van der Waals surface area contributed by atoms with Gasteiger partial charge in [0, 0.05) is 10.8 Å². The van der Waals surface area contributed by atoms with Crippen LogP contribution in [0.3, 0.4) is 0 Å². The van der Waals surface area contributed by atoms with E-state index in [1.165, 1.54) is 77.2 Å². The first-order valence-corrected chi connectivity index (χ1v) is 17.5. The standard InChI is InChI=1S/C50H32O/c1-4-16-33(17-5-1)37-28-15-29-46-48(37)44-32-36(30-31-45(44)51-46)47-40-22-10-12-24-42(40)50(43-25-13-11-23-41(43)47)49-38(34-18-6-2-7-19-34)26-14-27-39(49)35-20-8-3-9-21-35/h1-32H. The van der Waals surface area contributed by atoms with E-state index in [1.54, 1.807) is 0 Å². The van der Waals surface area contributed by atoms with Gasteiger partial charge in [-0.05, 0) is 95.4 Å². The molecule has 0 aliphatic rings. The zero-order chi connectivity index (χ0) is 33.7. The summed E-state index contributed by atoms with van der Waals surface area (Å²) in [6.07, 6.45) is 0. The van der Waals surface area contributed by atoms with E-state index in [4.69, 9.17) is 4.42 Å². The van der Waals surface area contributed by atoms with Crippen LogP contribution in [0.5, 0.6) is 0 Å². The second-order valence-electron chi connectivity index (χ2n) is 13.2. The number of hydrogen-bond acceptors (Lipinski definition) is 1. The Bertz CT molecular complexity index is 2770. The van der Waals surface area contributed by atoms with Gasteiger partial charge in [-0.25, -0.2) is 0 Å². The molecule has 1 aromatic heterocycles. The summed E-state index contributed by atoms with van der Waals surface area (Å²) in [6.45, 7) is 0. The van der Waals surface area contributed by atoms with Crippen LogP contribution in [0.25, 0.3) is 99.1 Å². The fourth-order valence-electron chi connectivity index (χ4n) is 8.09. The van der Waals surface area contributed by atoms with E-state index < -0.39 is 0 Å². The van der Waals surface area contributed by atoms with Gasteiger partial charge in [-0.2, -0.15) is 0 Å². The smallest absolute Gasteiger partial charge is 0.136 e. The Morgan fingerprint density at radius 1 is 0.255 bits per heavy atom. The summed E-state index contributed by atoms with van der Waals surface area (Å²) in [6, 6.07) is 69.9. The highest BCUT2D eigenvalue weighted by Crippen LogP contribution is 2.50. The first kappa shape index (κ1) is 29.2. The topological polar surface area (TPSA) is 13.1 Å². The lowest BCUT2D eigenvalue weighted by molar-refractivity contribution is 0.669. The van der Waals surface area contributed by atoms with Crippen molar-refractivity contribution in [1.29, 1.82) is 0 Å². The average molecular weight is 649 g/mol. The van der Waals surface area contributed by atoms with Crippen molar-refractivity contribution >= 4 is 43.5 Å². The summed E-state index contributed by atoms with van der Waals surface area (Å²) >= 11 is 0. The molecule has 0 unspecified atom stereocenters. The second-order valence-corrected chi connectivity index (χ2v) is 13.2. The lowest BCUT2D eigenvalue weighted by Crippen LogP contribution is -1.95. The second kappa shape index (κ2) is 12.0. The Labute approximate surface area is 296 Å². The predicted octanol–water partition coefficient (Wildman–Crippen LogP) is 14.2. The summed E-state index contributed by atoms with van der Waals surface area (Å²) in [4.78, 5) is 0. The van der Waals surface area contributed by atoms with Crippen LogP contribution >= 0.6 is 0 Å². The van der Waals surface area contributed by atoms with Gasteiger partial charge in [-0.3, -0.25) is 0 Å². The molecule has 0 fully saturated rings. The van der Waals surface area contributed by atoms with Gasteiger partial charge >= 0.3 is 0 Å². The van der Waals surface area contributed by atoms with E-state index in [9.17, 15) is 0 Å². The third-order valence-electron chi connectivity index (χ3n) is 10.3. The van der Waals surface area contributed by atoms with Crippen LogP contribution in [0.4, 0.5) is 0 Å². The van der Waals surface area contributed by atoms with Crippen molar-refractivity contribution in [3.05, 3.63) is 194 Å². The molecule has 1 heteroatoms. The predicted molar refractivity (Wildman–Crippen MR) is 216 cm³/mol. The molecule has 0 aliphatic carbocycles. The first-order chi connectivity index (χ1) is 25.3. The van der Waals surface area contributed by atoms with Gasteiger partial charge in [-0.1, -0.05) is 176 Å². The van der Waals surface area contributed by atoms with Crippen LogP contribution in [0.2, 0.25) is 0 Å². The fraction of sp³-hybridized carbons (Fsp3) is 0. The minimum absolute atomic E-state index is 0.895. The van der Waals surface area contributed by atoms with Crippen LogP contribution in [0.15, 0.2) is 199 Å². The van der Waals surface area contributed by atoms with Crippen LogP contribution in [-0.4, -0.2) is 0 Å². The van der Waals surface area contributed by atoms with E-state index in [0.29, 0.717) is 0 Å². The number of hydrogen-bond donors (Lipinski definition) is 0. The van der Waals surface area contributed by atoms with Gasteiger partial charge in [0.1, 0.15) is 11.2 Å². The maximum Gasteiger partial charge on any atom is 0.136 e. The highest BCUT2D eigenvalue weighted by Gasteiger charge is 2.22. The van der Waals surface area contributed by atoms with Gasteiger partial charge in [0.15, 0.2) is 0 Å². The summed E-state index contributed by atoms with van der Waals surface area (Å²) in [5.74, 6) is 0. The summed E-state index contributed by atoms with van der Waals surface area (Å²) in [5.41, 5.74) is 13.9. The molecule has 0 saturated carbocycles. The van der Waals surface area contributed by atoms with Crippen molar-refractivity contribution in [2.45, 2.75) is 0 Å². The maximum atomic E-state index is 6.47. The first-order valence-electron chi connectivity index (χ1n) is 17.5. The Morgan fingerprint density at radius 2 is 0.706 bits per heavy atom. The summed E-state index contributed by atoms with van der Waals surface area (Å²) < 4.78 is 6.47. The average Bonchev–Trinajstić information content (AvgIpc) is 3.59. The van der Waals surface area contributed by atoms with Crippen molar-refractivity contribution in [3.8, 4) is 55.6 Å². The van der Waals surface area contributed by atoms with E-state index in [-0.39, 0.29) is 0 Å². The zero-order valence-electron chi connectivity index (χ0n) is 27.9. The molecule has 0 radical (unpaired) electrons. The van der Waals surface area contributed by atoms with E-state index >= 15 is 0 Å². The van der Waals surface area contributed by atoms with Crippen molar-refractivity contribution < 1.29 is 4.42 Å². The molecule has 0 N–H and O–H groups in total. The van der Waals surface area contributed by atoms with Crippen molar-refractivity contribution in [2.75, 3.05) is 0 Å². The Balaban J connectivity index is 1.31. The van der Waals surface area contributed by atoms with E-state index in [2.05, 4.69) is 194 Å². The highest BCUT2D eigenvalue weighted by atomic mass is 16.3. The number of rotatable bonds is 5. The molecular formula is C50H32O. The number of fused-ring (bicyclic) bond motifs is 5. The van der Waals surface area contributed by atoms with Crippen molar-refractivity contribution in [1.82, 2.24) is 0 Å². The van der Waals surface area contributed by atoms with Gasteiger partial charge in [0.2, 0.25) is 0 Å². The molecule has 1 heterocycles.